The van der Waals surface area contributed by atoms with E-state index in [9.17, 15) is 14.7 Å². The molecule has 104 valence electrons. The van der Waals surface area contributed by atoms with Gasteiger partial charge in [-0.25, -0.2) is 0 Å². The molecule has 0 saturated carbocycles. The number of carbonyl (C=O) groups is 2. The Morgan fingerprint density at radius 3 is 2.33 bits per heavy atom. The molecule has 0 atom stereocenters. The van der Waals surface area contributed by atoms with E-state index in [0.29, 0.717) is 5.75 Å². The Bertz CT molecular complexity index is 774. The molecule has 21 heavy (non-hydrogen) atoms. The number of ketones is 2. The van der Waals surface area contributed by atoms with E-state index in [-0.39, 0.29) is 46.2 Å². The number of carbonyl (C=O) groups excluding carboxylic acids is 2. The Morgan fingerprint density at radius 2 is 1.62 bits per heavy atom. The topological polar surface area (TPSA) is 63.6 Å². The minimum Gasteiger partial charge on any atom is -0.507 e. The molecule has 0 unspecified atom stereocenters. The van der Waals surface area contributed by atoms with Crippen molar-refractivity contribution in [2.75, 3.05) is 6.61 Å². The molecule has 0 fully saturated rings. The Balaban J connectivity index is 2.23. The van der Waals surface area contributed by atoms with Crippen LogP contribution < -0.4 is 4.74 Å². The van der Waals surface area contributed by atoms with Crippen molar-refractivity contribution in [1.82, 2.24) is 0 Å². The lowest BCUT2D eigenvalue weighted by atomic mass is 9.83. The van der Waals surface area contributed by atoms with Gasteiger partial charge in [-0.2, -0.15) is 0 Å². The molecular formula is C17H12O4. The number of aromatic hydroxyl groups is 1. The highest BCUT2D eigenvalue weighted by atomic mass is 16.5. The molecule has 0 aliphatic heterocycles. The summed E-state index contributed by atoms with van der Waals surface area (Å²) in [5, 5.41) is 9.86. The molecule has 1 aliphatic carbocycles. The molecule has 0 amide bonds. The van der Waals surface area contributed by atoms with E-state index in [2.05, 4.69) is 6.58 Å². The lowest BCUT2D eigenvalue weighted by Crippen LogP contribution is -2.22. The maximum Gasteiger partial charge on any atom is 0.198 e. The molecule has 1 N–H and O–H groups in total. The second kappa shape index (κ2) is 4.90. The summed E-state index contributed by atoms with van der Waals surface area (Å²) >= 11 is 0. The number of hydrogen-bond donors (Lipinski definition) is 1. The molecule has 0 spiro atoms. The smallest absolute Gasteiger partial charge is 0.198 e. The van der Waals surface area contributed by atoms with Crippen molar-refractivity contribution in [3.8, 4) is 11.5 Å². The zero-order valence-electron chi connectivity index (χ0n) is 11.1. The average Bonchev–Trinajstić information content (AvgIpc) is 2.50. The van der Waals surface area contributed by atoms with Crippen LogP contribution in [-0.4, -0.2) is 23.3 Å². The van der Waals surface area contributed by atoms with E-state index in [4.69, 9.17) is 4.74 Å². The summed E-state index contributed by atoms with van der Waals surface area (Å²) in [6.07, 6.45) is 1.56. The van der Waals surface area contributed by atoms with E-state index >= 15 is 0 Å². The fraction of sp³-hybridized carbons (Fsp3) is 0.0588. The van der Waals surface area contributed by atoms with E-state index in [1.54, 1.807) is 24.3 Å². The van der Waals surface area contributed by atoms with Gasteiger partial charge >= 0.3 is 0 Å². The van der Waals surface area contributed by atoms with Crippen LogP contribution in [0.4, 0.5) is 0 Å². The zero-order valence-corrected chi connectivity index (χ0v) is 11.1. The summed E-state index contributed by atoms with van der Waals surface area (Å²) in [6, 6.07) is 9.31. The van der Waals surface area contributed by atoms with Gasteiger partial charge < -0.3 is 9.84 Å². The van der Waals surface area contributed by atoms with E-state index in [1.807, 2.05) is 0 Å². The highest BCUT2D eigenvalue weighted by Gasteiger charge is 2.33. The third-order valence-corrected chi connectivity index (χ3v) is 3.37. The van der Waals surface area contributed by atoms with Crippen molar-refractivity contribution in [2.45, 2.75) is 0 Å². The Labute approximate surface area is 121 Å². The maximum absolute atomic E-state index is 12.6. The summed E-state index contributed by atoms with van der Waals surface area (Å²) < 4.78 is 5.46. The van der Waals surface area contributed by atoms with Crippen molar-refractivity contribution in [1.29, 1.82) is 0 Å². The van der Waals surface area contributed by atoms with E-state index in [1.165, 1.54) is 18.2 Å². The van der Waals surface area contributed by atoms with Gasteiger partial charge in [-0.3, -0.25) is 9.59 Å². The summed E-state index contributed by atoms with van der Waals surface area (Å²) in [6.45, 7) is 3.80. The van der Waals surface area contributed by atoms with Gasteiger partial charge in [-0.1, -0.05) is 36.9 Å². The minimum atomic E-state index is -0.373. The van der Waals surface area contributed by atoms with E-state index < -0.39 is 0 Å². The van der Waals surface area contributed by atoms with Gasteiger partial charge in [0.25, 0.3) is 0 Å². The number of fused-ring (bicyclic) bond motifs is 2. The molecule has 0 saturated heterocycles. The van der Waals surface area contributed by atoms with Crippen LogP contribution in [-0.2, 0) is 0 Å². The number of benzene rings is 2. The maximum atomic E-state index is 12.6. The second-order valence-corrected chi connectivity index (χ2v) is 4.64. The molecule has 0 bridgehead atoms. The van der Waals surface area contributed by atoms with Crippen LogP contribution in [0.5, 0.6) is 11.5 Å². The summed E-state index contributed by atoms with van der Waals surface area (Å²) in [4.78, 5) is 25.1. The van der Waals surface area contributed by atoms with Gasteiger partial charge in [0.1, 0.15) is 18.1 Å². The molecule has 4 nitrogen and oxygen atoms in total. The largest absolute Gasteiger partial charge is 0.507 e. The highest BCUT2D eigenvalue weighted by Crippen LogP contribution is 2.36. The van der Waals surface area contributed by atoms with Gasteiger partial charge in [0.15, 0.2) is 11.6 Å². The average molecular weight is 280 g/mol. The summed E-state index contributed by atoms with van der Waals surface area (Å²) in [7, 11) is 0. The van der Waals surface area contributed by atoms with Crippen LogP contribution in [0, 0.1) is 0 Å². The minimum absolute atomic E-state index is 0.0517. The zero-order chi connectivity index (χ0) is 15.0. The number of hydrogen-bond acceptors (Lipinski definition) is 4. The first kappa shape index (κ1) is 13.1. The van der Waals surface area contributed by atoms with Gasteiger partial charge in [0.05, 0.1) is 11.1 Å². The second-order valence-electron chi connectivity index (χ2n) is 4.64. The molecule has 3 rings (SSSR count). The molecule has 1 aliphatic rings. The SMILES string of the molecule is C=CCOc1cccc2c1C(=O)c1cccc(O)c1C2=O. The molecule has 4 heteroatoms. The Hall–Kier alpha value is -2.88. The predicted octanol–water partition coefficient (Wildman–Crippen LogP) is 2.73. The standard InChI is InChI=1S/C17H12O4/c1-2-9-21-13-8-4-6-11-15(13)17(20)10-5-3-7-12(18)14(10)16(11)19/h2-8,18H,1,9H2. The van der Waals surface area contributed by atoms with Crippen molar-refractivity contribution in [2.24, 2.45) is 0 Å². The Morgan fingerprint density at radius 1 is 1.00 bits per heavy atom. The molecule has 2 aromatic rings. The van der Waals surface area contributed by atoms with Crippen LogP contribution in [0.15, 0.2) is 49.1 Å². The monoisotopic (exact) mass is 280 g/mol. The van der Waals surface area contributed by atoms with Crippen molar-refractivity contribution < 1.29 is 19.4 Å². The Kier molecular flexibility index (Phi) is 3.06. The first-order valence-corrected chi connectivity index (χ1v) is 6.43. The van der Waals surface area contributed by atoms with Gasteiger partial charge in [0.2, 0.25) is 0 Å². The highest BCUT2D eigenvalue weighted by molar-refractivity contribution is 6.30. The van der Waals surface area contributed by atoms with Crippen LogP contribution >= 0.6 is 0 Å². The lowest BCUT2D eigenvalue weighted by molar-refractivity contribution is 0.0973. The molecule has 0 heterocycles. The van der Waals surface area contributed by atoms with Crippen molar-refractivity contribution in [3.05, 3.63) is 71.3 Å². The number of phenolic OH excluding ortho intramolecular Hbond substituents is 1. The van der Waals surface area contributed by atoms with Gasteiger partial charge in [-0.05, 0) is 12.1 Å². The normalized spacial score (nSPS) is 12.6. The third kappa shape index (κ3) is 1.92. The van der Waals surface area contributed by atoms with Crippen LogP contribution in [0.3, 0.4) is 0 Å². The quantitative estimate of drug-likeness (QED) is 0.749. The van der Waals surface area contributed by atoms with Crippen molar-refractivity contribution >= 4 is 11.6 Å². The number of rotatable bonds is 3. The summed E-state index contributed by atoms with van der Waals surface area (Å²) in [5.74, 6) is -0.537. The van der Waals surface area contributed by atoms with Gasteiger partial charge in [0, 0.05) is 11.1 Å². The fourth-order valence-corrected chi connectivity index (χ4v) is 2.46. The van der Waals surface area contributed by atoms with Crippen LogP contribution in [0.25, 0.3) is 0 Å². The predicted molar refractivity (Wildman–Crippen MR) is 77.1 cm³/mol. The van der Waals surface area contributed by atoms with Crippen molar-refractivity contribution in [3.63, 3.8) is 0 Å². The lowest BCUT2D eigenvalue weighted by Gasteiger charge is -2.20. The molecule has 2 aromatic carbocycles. The van der Waals surface area contributed by atoms with Crippen LogP contribution in [0.1, 0.15) is 31.8 Å². The van der Waals surface area contributed by atoms with Gasteiger partial charge in [-0.15, -0.1) is 0 Å². The number of phenols is 1. The first-order chi connectivity index (χ1) is 10.1. The van der Waals surface area contributed by atoms with E-state index in [0.717, 1.165) is 0 Å². The molecule has 0 aromatic heterocycles. The first-order valence-electron chi connectivity index (χ1n) is 6.43. The molecule has 0 radical (unpaired) electrons. The molecular weight excluding hydrogens is 268 g/mol. The fourth-order valence-electron chi connectivity index (χ4n) is 2.46. The third-order valence-electron chi connectivity index (χ3n) is 3.37. The van der Waals surface area contributed by atoms with Crippen LogP contribution in [0.2, 0.25) is 0 Å². The summed E-state index contributed by atoms with van der Waals surface area (Å²) in [5.41, 5.74) is 0.732. The number of ether oxygens (including phenoxy) is 1.